The van der Waals surface area contributed by atoms with Crippen LogP contribution in [0.1, 0.15) is 70.9 Å². The van der Waals surface area contributed by atoms with Gasteiger partial charge in [0.25, 0.3) is 11.8 Å². The number of aromatic amines is 1. The number of likely N-dealkylation sites (N-methyl/N-ethyl adjacent to an activating group) is 1. The van der Waals surface area contributed by atoms with E-state index in [1.165, 1.54) is 16.2 Å². The molecular formula is C28H35ClN6O4S. The Hall–Kier alpha value is -3.15. The molecule has 12 heteroatoms. The normalized spacial score (nSPS) is 21.6. The van der Waals surface area contributed by atoms with E-state index >= 15 is 0 Å². The van der Waals surface area contributed by atoms with Gasteiger partial charge >= 0.3 is 6.09 Å². The monoisotopic (exact) mass is 586 g/mol. The van der Waals surface area contributed by atoms with Crippen LogP contribution in [0.3, 0.4) is 0 Å². The number of rotatable bonds is 5. The lowest BCUT2D eigenvalue weighted by molar-refractivity contribution is 0.0440. The molecule has 3 amide bonds. The van der Waals surface area contributed by atoms with Crippen LogP contribution in [0.4, 0.5) is 4.79 Å². The highest BCUT2D eigenvalue weighted by Gasteiger charge is 2.41. The first-order chi connectivity index (χ1) is 18.9. The minimum Gasteiger partial charge on any atom is -0.465 e. The summed E-state index contributed by atoms with van der Waals surface area (Å²) in [5.74, 6) is -0.599. The Bertz CT molecular complexity index is 1450. The van der Waals surface area contributed by atoms with Crippen LogP contribution in [0.15, 0.2) is 24.3 Å². The molecule has 1 saturated carbocycles. The van der Waals surface area contributed by atoms with Crippen LogP contribution in [0.5, 0.6) is 0 Å². The van der Waals surface area contributed by atoms with Crippen LogP contribution in [0.2, 0.25) is 5.02 Å². The van der Waals surface area contributed by atoms with E-state index in [9.17, 15) is 19.5 Å². The number of carboxylic acid groups (broad SMARTS) is 1. The summed E-state index contributed by atoms with van der Waals surface area (Å²) >= 11 is 7.50. The second-order valence-corrected chi connectivity index (χ2v) is 13.3. The van der Waals surface area contributed by atoms with Crippen molar-refractivity contribution in [3.05, 3.63) is 50.6 Å². The molecule has 3 atom stereocenters. The molecular weight excluding hydrogens is 552 g/mol. The smallest absolute Gasteiger partial charge is 0.407 e. The number of nitrogens with one attached hydrogen (secondary N) is 3. The third-order valence-corrected chi connectivity index (χ3v) is 9.01. The lowest BCUT2D eigenvalue weighted by Crippen LogP contribution is -2.60. The number of carbonyl (C=O) groups is 3. The number of hydrogen-bond acceptors (Lipinski definition) is 6. The maximum atomic E-state index is 13.4. The molecule has 0 radical (unpaired) electrons. The third-order valence-electron chi connectivity index (χ3n) is 7.69. The Morgan fingerprint density at radius 2 is 1.90 bits per heavy atom. The number of benzene rings is 1. The first-order valence-electron chi connectivity index (χ1n) is 13.5. The Balaban J connectivity index is 1.37. The maximum Gasteiger partial charge on any atom is 0.407 e. The molecule has 1 aliphatic heterocycles. The predicted molar refractivity (Wildman–Crippen MR) is 155 cm³/mol. The van der Waals surface area contributed by atoms with Gasteiger partial charge in [0.1, 0.15) is 5.69 Å². The Morgan fingerprint density at radius 1 is 1.15 bits per heavy atom. The van der Waals surface area contributed by atoms with E-state index < -0.39 is 17.7 Å². The highest BCUT2D eigenvalue weighted by Crippen LogP contribution is 2.31. The highest BCUT2D eigenvalue weighted by atomic mass is 35.5. The number of thiazole rings is 1. The number of halogens is 1. The summed E-state index contributed by atoms with van der Waals surface area (Å²) in [4.78, 5) is 51.5. The van der Waals surface area contributed by atoms with E-state index in [1.54, 1.807) is 18.2 Å². The second kappa shape index (κ2) is 11.0. The fourth-order valence-corrected chi connectivity index (χ4v) is 7.10. The average Bonchev–Trinajstić information content (AvgIpc) is 3.48. The largest absolute Gasteiger partial charge is 0.465 e. The van der Waals surface area contributed by atoms with Gasteiger partial charge in [-0.3, -0.25) is 9.59 Å². The van der Waals surface area contributed by atoms with Crippen LogP contribution in [-0.2, 0) is 13.0 Å². The van der Waals surface area contributed by atoms with Crippen molar-refractivity contribution in [3.8, 4) is 0 Å². The molecule has 0 saturated heterocycles. The molecule has 2 aliphatic rings. The van der Waals surface area contributed by atoms with Crippen molar-refractivity contribution in [2.75, 3.05) is 13.6 Å². The van der Waals surface area contributed by atoms with Gasteiger partial charge in [0, 0.05) is 57.9 Å². The number of H-pyrrole nitrogens is 1. The zero-order valence-corrected chi connectivity index (χ0v) is 24.7. The van der Waals surface area contributed by atoms with E-state index in [0.717, 1.165) is 41.0 Å². The number of aromatic nitrogens is 2. The van der Waals surface area contributed by atoms with Crippen molar-refractivity contribution in [2.45, 2.75) is 76.7 Å². The second-order valence-electron chi connectivity index (χ2n) is 11.7. The van der Waals surface area contributed by atoms with Crippen LogP contribution in [0, 0.1) is 0 Å². The van der Waals surface area contributed by atoms with Crippen molar-refractivity contribution < 1.29 is 19.5 Å². The predicted octanol–water partition coefficient (Wildman–Crippen LogP) is 4.49. The zero-order valence-electron chi connectivity index (χ0n) is 23.1. The molecule has 3 heterocycles. The van der Waals surface area contributed by atoms with Crippen molar-refractivity contribution in [1.29, 1.82) is 0 Å². The van der Waals surface area contributed by atoms with Crippen LogP contribution >= 0.6 is 22.9 Å². The van der Waals surface area contributed by atoms with Crippen LogP contribution < -0.4 is 10.6 Å². The molecule has 2 aromatic heterocycles. The summed E-state index contributed by atoms with van der Waals surface area (Å²) in [5, 5.41) is 18.0. The molecule has 1 fully saturated rings. The minimum absolute atomic E-state index is 0.298. The van der Waals surface area contributed by atoms with Crippen molar-refractivity contribution >= 4 is 51.7 Å². The topological polar surface area (TPSA) is 131 Å². The summed E-state index contributed by atoms with van der Waals surface area (Å²) in [5.41, 5.74) is 1.53. The van der Waals surface area contributed by atoms with Gasteiger partial charge in [0.05, 0.1) is 11.7 Å². The van der Waals surface area contributed by atoms with Crippen molar-refractivity contribution in [3.63, 3.8) is 0 Å². The molecule has 214 valence electrons. The summed E-state index contributed by atoms with van der Waals surface area (Å²) in [6, 6.07) is 5.92. The summed E-state index contributed by atoms with van der Waals surface area (Å²) in [7, 11) is 2.04. The van der Waals surface area contributed by atoms with Gasteiger partial charge in [-0.1, -0.05) is 11.6 Å². The third kappa shape index (κ3) is 5.96. The lowest BCUT2D eigenvalue weighted by atomic mass is 9.84. The van der Waals surface area contributed by atoms with Gasteiger partial charge in [0.2, 0.25) is 0 Å². The van der Waals surface area contributed by atoms with Crippen LogP contribution in [-0.4, -0.2) is 80.0 Å². The van der Waals surface area contributed by atoms with Gasteiger partial charge < -0.3 is 30.5 Å². The fourth-order valence-electron chi connectivity index (χ4n) is 5.83. The van der Waals surface area contributed by atoms with Gasteiger partial charge in [-0.25, -0.2) is 9.78 Å². The number of carbonyl (C=O) groups excluding carboxylic acids is 2. The number of amides is 3. The molecule has 1 aromatic carbocycles. The molecule has 0 bridgehead atoms. The Kier molecular flexibility index (Phi) is 7.82. The minimum atomic E-state index is -1.00. The summed E-state index contributed by atoms with van der Waals surface area (Å²) in [6.07, 6.45) is 1.23. The molecule has 4 N–H and O–H groups in total. The fraction of sp³-hybridized carbons (Fsp3) is 0.500. The standard InChI is InChI=1S/C28H35ClN6O4S/c1-28(2,3)35(27(38)39)17-6-8-19(31-24(36)22-12-15-11-16(29)5-7-18(15)30-22)21(13-17)32-25(37)26-33-20-9-10-34(4)14-23(20)40-26/h5,7,11-12,17,19,21,30H,6,8-10,13-14H2,1-4H3,(H,31,36)(H,32,37)(H,38,39)/t17?,19-,21+/m0/s1. The first-order valence-corrected chi connectivity index (χ1v) is 14.7. The Morgan fingerprint density at radius 3 is 2.62 bits per heavy atom. The van der Waals surface area contributed by atoms with E-state index in [4.69, 9.17) is 11.6 Å². The molecule has 1 unspecified atom stereocenters. The number of fused-ring (bicyclic) bond motifs is 2. The highest BCUT2D eigenvalue weighted by molar-refractivity contribution is 7.13. The number of nitrogens with zero attached hydrogens (tertiary/aromatic N) is 3. The Labute approximate surface area is 242 Å². The molecule has 1 aliphatic carbocycles. The van der Waals surface area contributed by atoms with E-state index in [0.29, 0.717) is 35.0 Å². The average molecular weight is 587 g/mol. The van der Waals surface area contributed by atoms with E-state index in [1.807, 2.05) is 33.9 Å². The van der Waals surface area contributed by atoms with Crippen molar-refractivity contribution in [2.24, 2.45) is 0 Å². The summed E-state index contributed by atoms with van der Waals surface area (Å²) in [6.45, 7) is 7.25. The van der Waals surface area contributed by atoms with E-state index in [-0.39, 0.29) is 23.9 Å². The van der Waals surface area contributed by atoms with Gasteiger partial charge in [-0.15, -0.1) is 11.3 Å². The van der Waals surface area contributed by atoms with Gasteiger partial charge in [-0.05, 0) is 71.3 Å². The van der Waals surface area contributed by atoms with Crippen molar-refractivity contribution in [1.82, 2.24) is 30.4 Å². The molecule has 3 aromatic rings. The molecule has 0 spiro atoms. The van der Waals surface area contributed by atoms with E-state index in [2.05, 4.69) is 25.5 Å². The number of hydrogen-bond donors (Lipinski definition) is 4. The van der Waals surface area contributed by atoms with Gasteiger partial charge in [0.15, 0.2) is 5.01 Å². The molecule has 5 rings (SSSR count). The molecule has 10 nitrogen and oxygen atoms in total. The zero-order chi connectivity index (χ0) is 28.8. The SMILES string of the molecule is CN1CCc2nc(C(=O)N[C@@H]3CC(N(C(=O)O)C(C)(C)C)CC[C@@H]3NC(=O)c3cc4cc(Cl)ccc4[nH]3)sc2C1. The summed E-state index contributed by atoms with van der Waals surface area (Å²) < 4.78 is 0. The first kappa shape index (κ1) is 28.4. The lowest BCUT2D eigenvalue weighted by Gasteiger charge is -2.45. The maximum absolute atomic E-state index is 13.4. The molecule has 40 heavy (non-hydrogen) atoms. The van der Waals surface area contributed by atoms with Crippen LogP contribution in [0.25, 0.3) is 10.9 Å². The van der Waals surface area contributed by atoms with Gasteiger partial charge in [-0.2, -0.15) is 0 Å². The quantitative estimate of drug-likeness (QED) is 0.348.